The molecule has 0 unspecified atom stereocenters. The fourth-order valence-corrected chi connectivity index (χ4v) is 2.75. The van der Waals surface area contributed by atoms with Crippen LogP contribution in [0.2, 0.25) is 0 Å². The third-order valence-electron chi connectivity index (χ3n) is 4.06. The third kappa shape index (κ3) is 4.02. The molecule has 1 amide bonds. The first kappa shape index (κ1) is 18.2. The molecule has 0 N–H and O–H groups in total. The Labute approximate surface area is 136 Å². The van der Waals surface area contributed by atoms with E-state index in [1.54, 1.807) is 7.11 Å². The number of alkyl halides is 3. The van der Waals surface area contributed by atoms with Crippen molar-refractivity contribution in [2.75, 3.05) is 26.8 Å². The molecule has 2 rings (SSSR count). The van der Waals surface area contributed by atoms with Crippen LogP contribution in [0.5, 0.6) is 0 Å². The van der Waals surface area contributed by atoms with Crippen LogP contribution in [0.25, 0.3) is 0 Å². The van der Waals surface area contributed by atoms with Gasteiger partial charge in [0.15, 0.2) is 0 Å². The molecule has 1 fully saturated rings. The molecule has 0 bridgehead atoms. The zero-order valence-electron chi connectivity index (χ0n) is 13.0. The second-order valence-corrected chi connectivity index (χ2v) is 5.68. The van der Waals surface area contributed by atoms with Crippen LogP contribution in [0.3, 0.4) is 0 Å². The van der Waals surface area contributed by atoms with Gasteiger partial charge in [0, 0.05) is 32.9 Å². The molecule has 1 aromatic carbocycles. The Morgan fingerprint density at radius 3 is 2.50 bits per heavy atom. The predicted molar refractivity (Wildman–Crippen MR) is 78.6 cm³/mol. The number of hydrogen-bond acceptors (Lipinski definition) is 4. The van der Waals surface area contributed by atoms with Gasteiger partial charge in [-0.2, -0.15) is 13.2 Å². The van der Waals surface area contributed by atoms with E-state index in [0.29, 0.717) is 50.6 Å². The van der Waals surface area contributed by atoms with Gasteiger partial charge in [-0.15, -0.1) is 0 Å². The van der Waals surface area contributed by atoms with Gasteiger partial charge in [0.05, 0.1) is 10.5 Å². The maximum atomic E-state index is 12.7. The van der Waals surface area contributed by atoms with Gasteiger partial charge in [-0.05, 0) is 30.9 Å². The van der Waals surface area contributed by atoms with E-state index in [1.165, 1.54) is 4.90 Å². The lowest BCUT2D eigenvalue weighted by Crippen LogP contribution is -2.39. The van der Waals surface area contributed by atoms with Gasteiger partial charge in [-0.25, -0.2) is 0 Å². The molecular weight excluding hydrogens is 329 g/mol. The van der Waals surface area contributed by atoms with Gasteiger partial charge in [0.2, 0.25) is 0 Å². The lowest BCUT2D eigenvalue weighted by Gasteiger charge is -2.31. The number of hydrogen-bond donors (Lipinski definition) is 0. The van der Waals surface area contributed by atoms with Crippen molar-refractivity contribution >= 4 is 11.6 Å². The highest BCUT2D eigenvalue weighted by atomic mass is 19.4. The number of nitrogens with zero attached hydrogens (tertiary/aromatic N) is 2. The number of ether oxygens (including phenoxy) is 1. The number of benzene rings is 1. The molecule has 0 atom stereocenters. The van der Waals surface area contributed by atoms with Crippen LogP contribution in [-0.2, 0) is 10.9 Å². The summed E-state index contributed by atoms with van der Waals surface area (Å²) in [7, 11) is 1.59. The number of rotatable bonds is 4. The van der Waals surface area contributed by atoms with Gasteiger partial charge in [0.25, 0.3) is 11.6 Å². The third-order valence-corrected chi connectivity index (χ3v) is 4.06. The molecule has 9 heteroatoms. The molecule has 0 aromatic heterocycles. The Balaban J connectivity index is 2.22. The van der Waals surface area contributed by atoms with Crippen LogP contribution in [0.1, 0.15) is 28.8 Å². The number of piperidine rings is 1. The van der Waals surface area contributed by atoms with Gasteiger partial charge in [0.1, 0.15) is 5.56 Å². The van der Waals surface area contributed by atoms with Crippen LogP contribution in [0.4, 0.5) is 18.9 Å². The summed E-state index contributed by atoms with van der Waals surface area (Å²) in [5.74, 6) is -0.312. The average molecular weight is 346 g/mol. The molecule has 0 spiro atoms. The Morgan fingerprint density at radius 1 is 1.38 bits per heavy atom. The minimum atomic E-state index is -4.70. The van der Waals surface area contributed by atoms with Crippen molar-refractivity contribution in [2.24, 2.45) is 5.92 Å². The van der Waals surface area contributed by atoms with Gasteiger partial charge in [-0.1, -0.05) is 0 Å². The number of likely N-dealkylation sites (tertiary alicyclic amines) is 1. The summed E-state index contributed by atoms with van der Waals surface area (Å²) in [6.45, 7) is 1.36. The van der Waals surface area contributed by atoms with E-state index in [0.717, 1.165) is 6.07 Å². The molecule has 1 aliphatic heterocycles. The van der Waals surface area contributed by atoms with Gasteiger partial charge < -0.3 is 9.64 Å². The largest absolute Gasteiger partial charge is 0.416 e. The average Bonchev–Trinajstić information content (AvgIpc) is 2.53. The number of carbonyl (C=O) groups excluding carboxylic acids is 1. The van der Waals surface area contributed by atoms with Crippen molar-refractivity contribution in [3.63, 3.8) is 0 Å². The Kier molecular flexibility index (Phi) is 5.43. The topological polar surface area (TPSA) is 72.7 Å². The van der Waals surface area contributed by atoms with Gasteiger partial charge >= 0.3 is 6.18 Å². The molecule has 0 saturated carbocycles. The number of amides is 1. The van der Waals surface area contributed by atoms with E-state index in [4.69, 9.17) is 4.74 Å². The zero-order valence-corrected chi connectivity index (χ0v) is 13.0. The van der Waals surface area contributed by atoms with E-state index < -0.39 is 28.3 Å². The summed E-state index contributed by atoms with van der Waals surface area (Å²) in [5, 5.41) is 11.1. The van der Waals surface area contributed by atoms with Crippen LogP contribution < -0.4 is 0 Å². The van der Waals surface area contributed by atoms with Crippen molar-refractivity contribution in [1.29, 1.82) is 0 Å². The monoisotopic (exact) mass is 346 g/mol. The molecule has 24 heavy (non-hydrogen) atoms. The minimum Gasteiger partial charge on any atom is -0.384 e. The summed E-state index contributed by atoms with van der Waals surface area (Å²) < 4.78 is 43.2. The van der Waals surface area contributed by atoms with Crippen molar-refractivity contribution in [3.8, 4) is 0 Å². The van der Waals surface area contributed by atoms with Crippen molar-refractivity contribution in [1.82, 2.24) is 4.90 Å². The molecule has 1 heterocycles. The normalized spacial score (nSPS) is 16.2. The molecule has 0 aliphatic carbocycles. The Hall–Kier alpha value is -2.16. The summed E-state index contributed by atoms with van der Waals surface area (Å²) in [6, 6.07) is 1.98. The van der Waals surface area contributed by atoms with E-state index >= 15 is 0 Å². The summed E-state index contributed by atoms with van der Waals surface area (Å²) >= 11 is 0. The lowest BCUT2D eigenvalue weighted by atomic mass is 9.97. The second-order valence-electron chi connectivity index (χ2n) is 5.68. The molecular formula is C15H17F3N2O4. The molecule has 132 valence electrons. The highest BCUT2D eigenvalue weighted by Gasteiger charge is 2.35. The maximum Gasteiger partial charge on any atom is 0.416 e. The van der Waals surface area contributed by atoms with E-state index in [9.17, 15) is 28.1 Å². The van der Waals surface area contributed by atoms with Gasteiger partial charge in [-0.3, -0.25) is 14.9 Å². The number of methoxy groups -OCH3 is 1. The zero-order chi connectivity index (χ0) is 17.9. The smallest absolute Gasteiger partial charge is 0.384 e. The first-order chi connectivity index (χ1) is 11.2. The summed E-state index contributed by atoms with van der Waals surface area (Å²) in [6.07, 6.45) is -3.33. The molecule has 1 saturated heterocycles. The predicted octanol–water partition coefficient (Wildman–Crippen LogP) is 3.11. The van der Waals surface area contributed by atoms with Crippen LogP contribution in [-0.4, -0.2) is 42.5 Å². The fraction of sp³-hybridized carbons (Fsp3) is 0.533. The second kappa shape index (κ2) is 7.16. The van der Waals surface area contributed by atoms with E-state index in [2.05, 4.69) is 0 Å². The number of nitro benzene ring substituents is 1. The van der Waals surface area contributed by atoms with E-state index in [1.807, 2.05) is 0 Å². The number of nitro groups is 1. The number of halogens is 3. The quantitative estimate of drug-likeness (QED) is 0.620. The van der Waals surface area contributed by atoms with Crippen LogP contribution in [0.15, 0.2) is 18.2 Å². The summed E-state index contributed by atoms with van der Waals surface area (Å²) in [5.41, 5.74) is -2.29. The highest BCUT2D eigenvalue weighted by Crippen LogP contribution is 2.33. The minimum absolute atomic E-state index is 0.307. The number of carbonyl (C=O) groups is 1. The fourth-order valence-electron chi connectivity index (χ4n) is 2.75. The molecule has 6 nitrogen and oxygen atoms in total. The van der Waals surface area contributed by atoms with E-state index in [-0.39, 0.29) is 5.56 Å². The standard InChI is InChI=1S/C15H17F3N2O4/c1-24-9-10-4-6-19(7-5-10)14(21)12-3-2-11(15(16,17)18)8-13(12)20(22)23/h2-3,8,10H,4-7,9H2,1H3. The summed E-state index contributed by atoms with van der Waals surface area (Å²) in [4.78, 5) is 24.0. The van der Waals surface area contributed by atoms with Crippen LogP contribution >= 0.6 is 0 Å². The Bertz CT molecular complexity index is 626. The SMILES string of the molecule is COCC1CCN(C(=O)c2ccc(C(F)(F)F)cc2[N+](=O)[O-])CC1. The lowest BCUT2D eigenvalue weighted by molar-refractivity contribution is -0.385. The highest BCUT2D eigenvalue weighted by molar-refractivity contribution is 5.98. The first-order valence-electron chi connectivity index (χ1n) is 7.38. The first-order valence-corrected chi connectivity index (χ1v) is 7.38. The Morgan fingerprint density at radius 2 is 2.00 bits per heavy atom. The molecule has 0 radical (unpaired) electrons. The molecule has 1 aromatic rings. The molecule has 1 aliphatic rings. The van der Waals surface area contributed by atoms with Crippen LogP contribution in [0, 0.1) is 16.0 Å². The van der Waals surface area contributed by atoms with Crippen molar-refractivity contribution in [3.05, 3.63) is 39.4 Å². The van der Waals surface area contributed by atoms with Crippen molar-refractivity contribution < 1.29 is 27.6 Å². The maximum absolute atomic E-state index is 12.7. The van der Waals surface area contributed by atoms with Crippen molar-refractivity contribution in [2.45, 2.75) is 19.0 Å².